The van der Waals surface area contributed by atoms with Gasteiger partial charge in [-0.05, 0) is 97.1 Å². The van der Waals surface area contributed by atoms with E-state index in [0.29, 0.717) is 5.82 Å². The molecule has 0 saturated carbocycles. The Morgan fingerprint density at radius 1 is 0.293 bits per heavy atom. The molecule has 9 aromatic rings. The summed E-state index contributed by atoms with van der Waals surface area (Å²) in [5.41, 5.74) is 19.5. The average molecular weight is 741 g/mol. The van der Waals surface area contributed by atoms with Crippen LogP contribution in [0.1, 0.15) is 47.2 Å². The predicted octanol–water partition coefficient (Wildman–Crippen LogP) is 13.8. The maximum atomic E-state index is 5.33. The summed E-state index contributed by atoms with van der Waals surface area (Å²) in [5.74, 6) is 0.703. The minimum absolute atomic E-state index is 0.139. The number of rotatable bonds is 5. The van der Waals surface area contributed by atoms with Crippen LogP contribution in [0.5, 0.6) is 0 Å². The Morgan fingerprint density at radius 3 is 1.29 bits per heavy atom. The molecule has 1 spiro atoms. The van der Waals surface area contributed by atoms with E-state index in [2.05, 4.69) is 214 Å². The maximum Gasteiger partial charge on any atom is 0.160 e. The molecule has 8 aromatic carbocycles. The van der Waals surface area contributed by atoms with E-state index in [9.17, 15) is 0 Å². The van der Waals surface area contributed by atoms with Gasteiger partial charge >= 0.3 is 0 Å². The molecule has 2 aliphatic carbocycles. The van der Waals surface area contributed by atoms with Crippen molar-refractivity contribution in [2.45, 2.75) is 24.7 Å². The molecule has 0 amide bonds. The van der Waals surface area contributed by atoms with Crippen LogP contribution in [0.25, 0.3) is 67.3 Å². The molecule has 0 saturated heterocycles. The van der Waals surface area contributed by atoms with Gasteiger partial charge in [-0.3, -0.25) is 0 Å². The number of benzene rings is 8. The first-order valence-electron chi connectivity index (χ1n) is 20.2. The van der Waals surface area contributed by atoms with Gasteiger partial charge in [0.05, 0.1) is 16.8 Å². The van der Waals surface area contributed by atoms with Gasteiger partial charge in [0.25, 0.3) is 0 Å². The van der Waals surface area contributed by atoms with Crippen molar-refractivity contribution in [2.24, 2.45) is 0 Å². The van der Waals surface area contributed by atoms with Gasteiger partial charge in [0.2, 0.25) is 0 Å². The van der Waals surface area contributed by atoms with E-state index in [4.69, 9.17) is 9.97 Å². The number of hydrogen-bond acceptors (Lipinski definition) is 2. The van der Waals surface area contributed by atoms with Crippen LogP contribution in [-0.2, 0) is 10.8 Å². The molecule has 0 bridgehead atoms. The van der Waals surface area contributed by atoms with Crippen LogP contribution >= 0.6 is 0 Å². The predicted molar refractivity (Wildman–Crippen MR) is 239 cm³/mol. The fourth-order valence-electron chi connectivity index (χ4n) is 9.85. The molecular weight excluding hydrogens is 701 g/mol. The summed E-state index contributed by atoms with van der Waals surface area (Å²) in [6.07, 6.45) is 0. The first-order chi connectivity index (χ1) is 28.5. The van der Waals surface area contributed by atoms with Crippen molar-refractivity contribution in [3.63, 3.8) is 0 Å². The third kappa shape index (κ3) is 5.18. The molecule has 1 aromatic heterocycles. The fraction of sp³-hybridized carbons (Fsp3) is 0.0714. The molecule has 2 aliphatic rings. The van der Waals surface area contributed by atoms with Crippen LogP contribution in [0, 0.1) is 0 Å². The van der Waals surface area contributed by atoms with Gasteiger partial charge in [-0.1, -0.05) is 190 Å². The van der Waals surface area contributed by atoms with E-state index in [1.165, 1.54) is 55.6 Å². The highest BCUT2D eigenvalue weighted by molar-refractivity contribution is 5.91. The van der Waals surface area contributed by atoms with E-state index in [0.717, 1.165) is 39.2 Å². The molecule has 0 radical (unpaired) electrons. The summed E-state index contributed by atoms with van der Waals surface area (Å²) < 4.78 is 0. The Morgan fingerprint density at radius 2 is 0.724 bits per heavy atom. The average Bonchev–Trinajstić information content (AvgIpc) is 3.59. The molecule has 11 rings (SSSR count). The van der Waals surface area contributed by atoms with Crippen molar-refractivity contribution >= 4 is 0 Å². The third-order valence-electron chi connectivity index (χ3n) is 12.6. The SMILES string of the molecule is CC1(C)c2ccccc2C2(c3ccccc3-c3cc(-c4cc(-c5cc(-c6ccccc6)cc(-c6ccccc6)c5)nc(-c5ccccc5)n4)ccc32)c2ccccc21. The van der Waals surface area contributed by atoms with Crippen LogP contribution in [-0.4, -0.2) is 9.97 Å². The molecular formula is C56H40N2. The van der Waals surface area contributed by atoms with Crippen molar-refractivity contribution in [1.82, 2.24) is 9.97 Å². The van der Waals surface area contributed by atoms with Crippen molar-refractivity contribution in [3.05, 3.63) is 240 Å². The first kappa shape index (κ1) is 34.1. The van der Waals surface area contributed by atoms with Crippen molar-refractivity contribution in [1.29, 1.82) is 0 Å². The largest absolute Gasteiger partial charge is 0.228 e. The highest BCUT2D eigenvalue weighted by Gasteiger charge is 2.53. The highest BCUT2D eigenvalue weighted by atomic mass is 14.9. The Labute approximate surface area is 340 Å². The molecule has 0 N–H and O–H groups in total. The zero-order chi connectivity index (χ0) is 38.8. The number of aromatic nitrogens is 2. The minimum atomic E-state index is -0.440. The summed E-state index contributed by atoms with van der Waals surface area (Å²) in [7, 11) is 0. The van der Waals surface area contributed by atoms with Gasteiger partial charge in [-0.15, -0.1) is 0 Å². The summed E-state index contributed by atoms with van der Waals surface area (Å²) in [4.78, 5) is 10.6. The first-order valence-corrected chi connectivity index (χ1v) is 20.2. The van der Waals surface area contributed by atoms with E-state index >= 15 is 0 Å². The van der Waals surface area contributed by atoms with Crippen LogP contribution in [0.3, 0.4) is 0 Å². The molecule has 0 unspecified atom stereocenters. The lowest BCUT2D eigenvalue weighted by Crippen LogP contribution is -2.40. The normalized spacial score (nSPS) is 14.0. The van der Waals surface area contributed by atoms with Gasteiger partial charge in [0.15, 0.2) is 5.82 Å². The Kier molecular flexibility index (Phi) is 7.78. The molecule has 0 fully saturated rings. The Hall–Kier alpha value is -7.16. The molecule has 2 nitrogen and oxygen atoms in total. The van der Waals surface area contributed by atoms with Gasteiger partial charge in [0.1, 0.15) is 0 Å². The zero-order valence-corrected chi connectivity index (χ0v) is 32.5. The third-order valence-corrected chi connectivity index (χ3v) is 12.6. The van der Waals surface area contributed by atoms with Gasteiger partial charge in [-0.2, -0.15) is 0 Å². The summed E-state index contributed by atoms with van der Waals surface area (Å²) >= 11 is 0. The molecule has 0 atom stereocenters. The van der Waals surface area contributed by atoms with Gasteiger partial charge in [0, 0.05) is 22.1 Å². The maximum absolute atomic E-state index is 5.33. The van der Waals surface area contributed by atoms with E-state index < -0.39 is 5.41 Å². The second-order valence-electron chi connectivity index (χ2n) is 16.1. The molecule has 1 heterocycles. The zero-order valence-electron chi connectivity index (χ0n) is 32.5. The molecule has 2 heteroatoms. The number of nitrogens with zero attached hydrogens (tertiary/aromatic N) is 2. The van der Waals surface area contributed by atoms with Gasteiger partial charge in [-0.25, -0.2) is 9.97 Å². The summed E-state index contributed by atoms with van der Waals surface area (Å²) in [6.45, 7) is 4.75. The summed E-state index contributed by atoms with van der Waals surface area (Å²) in [5, 5.41) is 0. The molecule has 58 heavy (non-hydrogen) atoms. The fourth-order valence-corrected chi connectivity index (χ4v) is 9.85. The lowest BCUT2D eigenvalue weighted by atomic mass is 9.55. The van der Waals surface area contributed by atoms with Crippen LogP contribution in [0.15, 0.2) is 206 Å². The van der Waals surface area contributed by atoms with E-state index in [-0.39, 0.29) is 5.41 Å². The smallest absolute Gasteiger partial charge is 0.160 e. The quantitative estimate of drug-likeness (QED) is 0.176. The monoisotopic (exact) mass is 740 g/mol. The van der Waals surface area contributed by atoms with Crippen molar-refractivity contribution in [3.8, 4) is 67.3 Å². The lowest BCUT2D eigenvalue weighted by Gasteiger charge is -2.46. The van der Waals surface area contributed by atoms with Crippen LogP contribution in [0.2, 0.25) is 0 Å². The minimum Gasteiger partial charge on any atom is -0.228 e. The number of fused-ring (bicyclic) bond motifs is 9. The summed E-state index contributed by atoms with van der Waals surface area (Å²) in [6, 6.07) is 74.9. The van der Waals surface area contributed by atoms with Gasteiger partial charge < -0.3 is 0 Å². The topological polar surface area (TPSA) is 25.8 Å². The molecule has 274 valence electrons. The standard InChI is InChI=1S/C56H40N2/c1-55(2)48-26-14-16-28-50(48)56(51-29-17-15-27-49(51)55)46-25-13-12-24-44(46)45-35-40(30-31-47(45)56)52-36-53(58-54(57-52)39-22-10-5-11-23-39)43-33-41(37-18-6-3-7-19-37)32-42(34-43)38-20-8-4-9-21-38/h3-36H,1-2H3. The van der Waals surface area contributed by atoms with E-state index in [1.807, 2.05) is 6.07 Å². The van der Waals surface area contributed by atoms with Crippen molar-refractivity contribution in [2.75, 3.05) is 0 Å². The highest BCUT2D eigenvalue weighted by Crippen LogP contribution is 2.62. The second kappa shape index (κ2) is 13.2. The Bertz CT molecular complexity index is 2910. The van der Waals surface area contributed by atoms with Crippen molar-refractivity contribution < 1.29 is 0 Å². The van der Waals surface area contributed by atoms with Crippen LogP contribution < -0.4 is 0 Å². The molecule has 0 aliphatic heterocycles. The Balaban J connectivity index is 1.14. The second-order valence-corrected chi connectivity index (χ2v) is 16.1. The van der Waals surface area contributed by atoms with Crippen LogP contribution in [0.4, 0.5) is 0 Å². The number of hydrogen-bond donors (Lipinski definition) is 0. The lowest BCUT2D eigenvalue weighted by molar-refractivity contribution is 0.563. The van der Waals surface area contributed by atoms with E-state index in [1.54, 1.807) is 0 Å².